The van der Waals surface area contributed by atoms with Crippen LogP contribution in [0.2, 0.25) is 0 Å². The fourth-order valence-electron chi connectivity index (χ4n) is 6.35. The van der Waals surface area contributed by atoms with Crippen molar-refractivity contribution in [3.8, 4) is 5.75 Å². The van der Waals surface area contributed by atoms with E-state index in [1.54, 1.807) is 31.3 Å². The Kier molecular flexibility index (Phi) is 8.14. The second-order valence-corrected chi connectivity index (χ2v) is 13.4. The van der Waals surface area contributed by atoms with Crippen molar-refractivity contribution in [2.24, 2.45) is 0 Å². The van der Waals surface area contributed by atoms with Gasteiger partial charge in [-0.1, -0.05) is 19.1 Å². The number of hydrogen-bond acceptors (Lipinski definition) is 9. The molecule has 0 unspecified atom stereocenters. The molecule has 4 aromatic rings. The second kappa shape index (κ2) is 11.9. The Morgan fingerprint density at radius 1 is 1.20 bits per heavy atom. The number of thiophene rings is 1. The van der Waals surface area contributed by atoms with E-state index in [0.29, 0.717) is 31.9 Å². The number of hydrogen-bond donors (Lipinski definition) is 5. The molecule has 0 radical (unpaired) electrons. The number of carboxylic acid groups (broad SMARTS) is 1. The Morgan fingerprint density at radius 2 is 2.02 bits per heavy atom. The molecule has 0 fully saturated rings. The SMILES string of the molecule is CC[C@@H]1CN(Cc2cc([C@@H](CC(=O)O)c3ccc4c(c3C)NNN4CC(C)(C)O)cc3ccsc23)Cc2[nH]c(=O)ccc2O1. The largest absolute Gasteiger partial charge is 0.487 e. The highest BCUT2D eigenvalue weighted by atomic mass is 32.1. The van der Waals surface area contributed by atoms with Crippen molar-refractivity contribution in [2.75, 3.05) is 23.5 Å². The molecule has 2 aromatic heterocycles. The summed E-state index contributed by atoms with van der Waals surface area (Å²) >= 11 is 1.68. The van der Waals surface area contributed by atoms with Crippen LogP contribution in [0.15, 0.2) is 52.6 Å². The Bertz CT molecular complexity index is 1760. The number of carboxylic acids is 1. The van der Waals surface area contributed by atoms with E-state index in [1.807, 2.05) is 24.1 Å². The van der Waals surface area contributed by atoms with Gasteiger partial charge in [-0.25, -0.2) is 0 Å². The molecule has 11 heteroatoms. The number of β-amino-alcohol motifs (C(OH)–C–C–N with tert-alkyl or cyclic N) is 1. The lowest BCUT2D eigenvalue weighted by Gasteiger charge is -2.27. The van der Waals surface area contributed by atoms with Gasteiger partial charge in [0.1, 0.15) is 11.9 Å². The van der Waals surface area contributed by atoms with Crippen LogP contribution in [0.5, 0.6) is 5.75 Å². The van der Waals surface area contributed by atoms with Crippen molar-refractivity contribution < 1.29 is 19.7 Å². The van der Waals surface area contributed by atoms with Crippen LogP contribution in [-0.4, -0.2) is 50.9 Å². The first-order valence-corrected chi connectivity index (χ1v) is 15.8. The van der Waals surface area contributed by atoms with Gasteiger partial charge in [0.25, 0.3) is 0 Å². The number of carbonyl (C=O) groups is 1. The number of H-pyrrole nitrogens is 1. The summed E-state index contributed by atoms with van der Waals surface area (Å²) in [5, 5.41) is 25.5. The zero-order chi connectivity index (χ0) is 31.2. The Balaban J connectivity index is 1.38. The molecule has 0 aliphatic carbocycles. The predicted octanol–water partition coefficient (Wildman–Crippen LogP) is 5.10. The number of ether oxygens (including phenoxy) is 1. The quantitative estimate of drug-likeness (QED) is 0.174. The molecule has 6 rings (SSSR count). The van der Waals surface area contributed by atoms with Gasteiger partial charge in [-0.3, -0.25) is 19.5 Å². The summed E-state index contributed by atoms with van der Waals surface area (Å²) in [4.78, 5) is 29.7. The first kappa shape index (κ1) is 30.1. The molecule has 232 valence electrons. The zero-order valence-corrected chi connectivity index (χ0v) is 26.3. The topological polar surface area (TPSA) is 130 Å². The number of benzene rings is 2. The lowest BCUT2D eigenvalue weighted by Crippen LogP contribution is -2.45. The summed E-state index contributed by atoms with van der Waals surface area (Å²) in [7, 11) is 0. The molecule has 0 bridgehead atoms. The zero-order valence-electron chi connectivity index (χ0n) is 25.4. The van der Waals surface area contributed by atoms with Crippen molar-refractivity contribution in [2.45, 2.75) is 71.2 Å². The highest BCUT2D eigenvalue weighted by molar-refractivity contribution is 7.17. The average molecular weight is 618 g/mol. The van der Waals surface area contributed by atoms with E-state index >= 15 is 0 Å². The molecule has 2 aliphatic heterocycles. The molecular weight excluding hydrogens is 578 g/mol. The summed E-state index contributed by atoms with van der Waals surface area (Å²) in [6.07, 6.45) is 0.757. The third-order valence-electron chi connectivity index (χ3n) is 8.39. The first-order chi connectivity index (χ1) is 21.0. The molecular formula is C33H39N5O5S. The smallest absolute Gasteiger partial charge is 0.304 e. The molecule has 4 heterocycles. The van der Waals surface area contributed by atoms with Gasteiger partial charge < -0.3 is 25.4 Å². The number of nitrogens with zero attached hydrogens (tertiary/aromatic N) is 2. The van der Waals surface area contributed by atoms with E-state index in [0.717, 1.165) is 51.1 Å². The van der Waals surface area contributed by atoms with Gasteiger partial charge in [0.2, 0.25) is 5.56 Å². The Labute approximate surface area is 260 Å². The first-order valence-electron chi connectivity index (χ1n) is 15.0. The summed E-state index contributed by atoms with van der Waals surface area (Å²) in [6, 6.07) is 13.6. The van der Waals surface area contributed by atoms with Crippen LogP contribution in [0.4, 0.5) is 11.4 Å². The molecule has 2 atom stereocenters. The number of nitrogens with one attached hydrogen (secondary N) is 3. The lowest BCUT2D eigenvalue weighted by molar-refractivity contribution is -0.137. The van der Waals surface area contributed by atoms with Crippen molar-refractivity contribution in [3.63, 3.8) is 0 Å². The van der Waals surface area contributed by atoms with Crippen LogP contribution in [0, 0.1) is 6.92 Å². The van der Waals surface area contributed by atoms with E-state index in [4.69, 9.17) is 4.74 Å². The minimum absolute atomic E-state index is 0.0185. The standard InChI is InChI=1S/C33H39N5O5S/c1-5-23-16-37(17-26-28(43-23)8-9-29(39)34-26)15-22-13-21(12-20-10-11-44-32(20)22)25(14-30(40)41)24-6-7-27-31(19(24)2)35-36-38(27)18-33(3,4)42/h6-13,23,25,35-36,42H,5,14-18H2,1-4H3,(H,34,39)(H,40,41)/t23-,25-/m1/s1. The van der Waals surface area contributed by atoms with Crippen molar-refractivity contribution in [1.82, 2.24) is 15.4 Å². The highest BCUT2D eigenvalue weighted by Gasteiger charge is 2.30. The molecule has 0 spiro atoms. The van der Waals surface area contributed by atoms with Crippen LogP contribution < -0.4 is 26.3 Å². The molecule has 2 aromatic carbocycles. The summed E-state index contributed by atoms with van der Waals surface area (Å²) in [5.74, 6) is -0.529. The number of aliphatic hydroxyl groups is 1. The third-order valence-corrected chi connectivity index (χ3v) is 9.39. The second-order valence-electron chi connectivity index (χ2n) is 12.5. The number of anilines is 2. The fraction of sp³-hybridized carbons (Fsp3) is 0.394. The van der Waals surface area contributed by atoms with E-state index in [2.05, 4.69) is 51.3 Å². The van der Waals surface area contributed by atoms with Crippen molar-refractivity contribution >= 4 is 38.8 Å². The molecule has 5 N–H and O–H groups in total. The van der Waals surface area contributed by atoms with Gasteiger partial charge in [-0.15, -0.1) is 16.9 Å². The van der Waals surface area contributed by atoms with E-state index in [-0.39, 0.29) is 24.0 Å². The van der Waals surface area contributed by atoms with E-state index < -0.39 is 11.6 Å². The molecule has 0 amide bonds. The summed E-state index contributed by atoms with van der Waals surface area (Å²) in [6.45, 7) is 9.87. The number of aromatic nitrogens is 1. The fourth-order valence-corrected chi connectivity index (χ4v) is 7.24. The summed E-state index contributed by atoms with van der Waals surface area (Å²) in [5.41, 5.74) is 11.8. The predicted molar refractivity (Wildman–Crippen MR) is 173 cm³/mol. The number of rotatable bonds is 9. The van der Waals surface area contributed by atoms with Crippen molar-refractivity contribution in [1.29, 1.82) is 0 Å². The van der Waals surface area contributed by atoms with E-state index in [1.165, 1.54) is 10.8 Å². The molecule has 44 heavy (non-hydrogen) atoms. The minimum atomic E-state index is -0.908. The Hall–Kier alpha value is -3.90. The molecule has 2 aliphatic rings. The van der Waals surface area contributed by atoms with E-state index in [9.17, 15) is 19.8 Å². The van der Waals surface area contributed by atoms with Gasteiger partial charge in [-0.05, 0) is 84.5 Å². The molecule has 0 saturated heterocycles. The van der Waals surface area contributed by atoms with Crippen molar-refractivity contribution in [3.05, 3.63) is 86.1 Å². The van der Waals surface area contributed by atoms with Gasteiger partial charge in [0.15, 0.2) is 0 Å². The monoisotopic (exact) mass is 617 g/mol. The number of aromatic amines is 1. The molecule has 10 nitrogen and oxygen atoms in total. The van der Waals surface area contributed by atoms with Crippen LogP contribution in [0.3, 0.4) is 0 Å². The van der Waals surface area contributed by atoms with Crippen LogP contribution in [-0.2, 0) is 17.9 Å². The average Bonchev–Trinajstić information content (AvgIpc) is 3.55. The van der Waals surface area contributed by atoms with Gasteiger partial charge in [0, 0.05) is 36.3 Å². The lowest BCUT2D eigenvalue weighted by atomic mass is 9.84. The van der Waals surface area contributed by atoms with Gasteiger partial charge >= 0.3 is 5.97 Å². The minimum Gasteiger partial charge on any atom is -0.487 e. The summed E-state index contributed by atoms with van der Waals surface area (Å²) < 4.78 is 7.41. The molecule has 0 saturated carbocycles. The number of aliphatic carboxylic acids is 1. The Morgan fingerprint density at radius 3 is 2.77 bits per heavy atom. The normalized spacial score (nSPS) is 17.5. The third kappa shape index (κ3) is 6.18. The van der Waals surface area contributed by atoms with Crippen LogP contribution in [0.1, 0.15) is 67.5 Å². The maximum atomic E-state index is 12.3. The van der Waals surface area contributed by atoms with Gasteiger partial charge in [0.05, 0.1) is 35.6 Å². The maximum absolute atomic E-state index is 12.3. The van der Waals surface area contributed by atoms with Crippen LogP contribution in [0.25, 0.3) is 10.1 Å². The van der Waals surface area contributed by atoms with Gasteiger partial charge in [-0.2, -0.15) is 0 Å². The number of hydrazine groups is 2. The number of pyridine rings is 1. The highest BCUT2D eigenvalue weighted by Crippen LogP contribution is 2.42. The maximum Gasteiger partial charge on any atom is 0.304 e. The van der Waals surface area contributed by atoms with Crippen LogP contribution >= 0.6 is 11.3 Å². The number of fused-ring (bicyclic) bond motifs is 3.